The average Bonchev–Trinajstić information content (AvgIpc) is 2.16. The third-order valence-corrected chi connectivity index (χ3v) is 5.12. The summed E-state index contributed by atoms with van der Waals surface area (Å²) in [4.78, 5) is 0. The summed E-state index contributed by atoms with van der Waals surface area (Å²) in [7, 11) is 1.81. The summed E-state index contributed by atoms with van der Waals surface area (Å²) >= 11 is 3.77. The molecule has 4 atom stereocenters. The summed E-state index contributed by atoms with van der Waals surface area (Å²) in [5, 5.41) is 0. The van der Waals surface area contributed by atoms with Crippen molar-refractivity contribution in [1.82, 2.24) is 0 Å². The number of ether oxygens (including phenoxy) is 1. The smallest absolute Gasteiger partial charge is 0.0603 e. The van der Waals surface area contributed by atoms with Crippen LogP contribution in [0.1, 0.15) is 34.1 Å². The van der Waals surface area contributed by atoms with Crippen molar-refractivity contribution in [2.75, 3.05) is 7.11 Å². The molecular weight excluding hydrogens is 240 g/mol. The second kappa shape index (κ2) is 3.97. The lowest BCUT2D eigenvalue weighted by atomic mass is 9.60. The molecule has 1 rings (SSSR count). The molecule has 1 aliphatic carbocycles. The van der Waals surface area contributed by atoms with Crippen LogP contribution in [-0.2, 0) is 4.74 Å². The van der Waals surface area contributed by atoms with Gasteiger partial charge < -0.3 is 4.74 Å². The molecular formula is C12H21BrO. The Hall–Kier alpha value is 0.180. The number of rotatable bonds is 4. The first-order valence-corrected chi connectivity index (χ1v) is 6.10. The summed E-state index contributed by atoms with van der Waals surface area (Å²) in [6, 6.07) is 0. The molecule has 1 nitrogen and oxygen atoms in total. The lowest BCUT2D eigenvalue weighted by Crippen LogP contribution is -2.50. The minimum Gasteiger partial charge on any atom is -0.381 e. The van der Waals surface area contributed by atoms with Crippen LogP contribution in [-0.4, -0.2) is 17.5 Å². The fraction of sp³-hybridized carbons (Fsp3) is 0.833. The molecule has 0 aliphatic heterocycles. The van der Waals surface area contributed by atoms with E-state index >= 15 is 0 Å². The van der Waals surface area contributed by atoms with Crippen LogP contribution in [0.2, 0.25) is 0 Å². The van der Waals surface area contributed by atoms with Gasteiger partial charge in [-0.1, -0.05) is 48.9 Å². The highest BCUT2D eigenvalue weighted by atomic mass is 79.9. The molecule has 0 aromatic carbocycles. The molecule has 0 spiro atoms. The van der Waals surface area contributed by atoms with E-state index in [0.29, 0.717) is 12.0 Å². The summed E-state index contributed by atoms with van der Waals surface area (Å²) in [5.41, 5.74) is 0.212. The van der Waals surface area contributed by atoms with Gasteiger partial charge in [0.05, 0.1) is 6.10 Å². The van der Waals surface area contributed by atoms with Crippen LogP contribution in [0.4, 0.5) is 0 Å². The van der Waals surface area contributed by atoms with E-state index in [9.17, 15) is 0 Å². The number of hydrogen-bond donors (Lipinski definition) is 0. The monoisotopic (exact) mass is 260 g/mol. The number of hydrogen-bond acceptors (Lipinski definition) is 1. The fourth-order valence-corrected chi connectivity index (χ4v) is 2.91. The highest BCUT2D eigenvalue weighted by molar-refractivity contribution is 9.10. The third kappa shape index (κ3) is 1.67. The molecule has 0 amide bonds. The Kier molecular flexibility index (Phi) is 3.48. The average molecular weight is 261 g/mol. The molecule has 0 saturated heterocycles. The van der Waals surface area contributed by atoms with Gasteiger partial charge in [0, 0.05) is 16.8 Å². The van der Waals surface area contributed by atoms with Crippen molar-refractivity contribution in [3.8, 4) is 0 Å². The second-order valence-corrected chi connectivity index (χ2v) is 6.31. The Bertz CT molecular complexity index is 230. The fourth-order valence-electron chi connectivity index (χ4n) is 2.28. The number of alkyl halides is 1. The molecule has 0 aromatic rings. The second-order valence-electron chi connectivity index (χ2n) is 4.66. The van der Waals surface area contributed by atoms with Gasteiger partial charge in [-0.05, 0) is 19.3 Å². The van der Waals surface area contributed by atoms with Gasteiger partial charge >= 0.3 is 0 Å². The summed E-state index contributed by atoms with van der Waals surface area (Å²) in [5.74, 6) is 0.534. The zero-order valence-electron chi connectivity index (χ0n) is 9.80. The predicted molar refractivity (Wildman–Crippen MR) is 64.8 cm³/mol. The SMILES string of the molecule is CCC(OC)[C@@H](C)[C@@]1(C)C=CC1(C)Br. The maximum Gasteiger partial charge on any atom is 0.0603 e. The van der Waals surface area contributed by atoms with E-state index in [1.54, 1.807) is 0 Å². The molecule has 0 fully saturated rings. The van der Waals surface area contributed by atoms with Gasteiger partial charge in [0.2, 0.25) is 0 Å². The Morgan fingerprint density at radius 2 is 1.93 bits per heavy atom. The number of halogens is 1. The van der Waals surface area contributed by atoms with Crippen molar-refractivity contribution < 1.29 is 4.74 Å². The van der Waals surface area contributed by atoms with Crippen LogP contribution in [0.3, 0.4) is 0 Å². The van der Waals surface area contributed by atoms with E-state index in [1.165, 1.54) is 0 Å². The first-order valence-electron chi connectivity index (χ1n) is 5.31. The van der Waals surface area contributed by atoms with E-state index in [1.807, 2.05) is 7.11 Å². The van der Waals surface area contributed by atoms with Crippen LogP contribution in [0.15, 0.2) is 12.2 Å². The van der Waals surface area contributed by atoms with Gasteiger partial charge in [0.1, 0.15) is 0 Å². The van der Waals surface area contributed by atoms with E-state index in [4.69, 9.17) is 4.74 Å². The molecule has 82 valence electrons. The third-order valence-electron chi connectivity index (χ3n) is 4.00. The molecule has 2 unspecified atom stereocenters. The van der Waals surface area contributed by atoms with E-state index in [2.05, 4.69) is 55.8 Å². The van der Waals surface area contributed by atoms with Gasteiger partial charge in [-0.2, -0.15) is 0 Å². The Labute approximate surface area is 96.0 Å². The quantitative estimate of drug-likeness (QED) is 0.552. The summed E-state index contributed by atoms with van der Waals surface area (Å²) < 4.78 is 5.65. The largest absolute Gasteiger partial charge is 0.381 e. The lowest BCUT2D eigenvalue weighted by molar-refractivity contribution is 0.00348. The molecule has 0 bridgehead atoms. The molecule has 0 radical (unpaired) electrons. The topological polar surface area (TPSA) is 9.23 Å². The highest BCUT2D eigenvalue weighted by Crippen LogP contribution is 2.54. The van der Waals surface area contributed by atoms with Crippen molar-refractivity contribution >= 4 is 15.9 Å². The Balaban J connectivity index is 2.79. The van der Waals surface area contributed by atoms with Crippen LogP contribution in [0.5, 0.6) is 0 Å². The maximum atomic E-state index is 5.52. The highest BCUT2D eigenvalue weighted by Gasteiger charge is 2.50. The van der Waals surface area contributed by atoms with Crippen LogP contribution in [0, 0.1) is 11.3 Å². The van der Waals surface area contributed by atoms with Crippen LogP contribution in [0.25, 0.3) is 0 Å². The van der Waals surface area contributed by atoms with Gasteiger partial charge in [-0.15, -0.1) is 0 Å². The zero-order chi connectivity index (χ0) is 11.0. The van der Waals surface area contributed by atoms with Gasteiger partial charge in [-0.3, -0.25) is 0 Å². The number of allylic oxidation sites excluding steroid dienone is 2. The zero-order valence-corrected chi connectivity index (χ0v) is 11.4. The Morgan fingerprint density at radius 1 is 1.36 bits per heavy atom. The summed E-state index contributed by atoms with van der Waals surface area (Å²) in [6.07, 6.45) is 5.95. The van der Waals surface area contributed by atoms with Crippen LogP contribution >= 0.6 is 15.9 Å². The van der Waals surface area contributed by atoms with Gasteiger partial charge in [0.25, 0.3) is 0 Å². The van der Waals surface area contributed by atoms with Crippen molar-refractivity contribution in [3.63, 3.8) is 0 Å². The van der Waals surface area contributed by atoms with Crippen molar-refractivity contribution in [1.29, 1.82) is 0 Å². The molecule has 0 heterocycles. The maximum absolute atomic E-state index is 5.52. The van der Waals surface area contributed by atoms with Gasteiger partial charge in [0.15, 0.2) is 0 Å². The Morgan fingerprint density at radius 3 is 2.14 bits per heavy atom. The van der Waals surface area contributed by atoms with E-state index < -0.39 is 0 Å². The lowest BCUT2D eigenvalue weighted by Gasteiger charge is -2.51. The predicted octanol–water partition coefficient (Wildman–Crippen LogP) is 3.78. The standard InChI is InChI=1S/C12H21BrO/c1-6-10(14-5)9(2)11(3)7-8-12(11,4)13/h7-10H,6H2,1-5H3/t9-,10?,11-,12?/m1/s1. The van der Waals surface area contributed by atoms with E-state index in [-0.39, 0.29) is 9.74 Å². The minimum absolute atomic E-state index is 0.130. The molecule has 0 saturated carbocycles. The van der Waals surface area contributed by atoms with E-state index in [0.717, 1.165) is 6.42 Å². The van der Waals surface area contributed by atoms with Gasteiger partial charge in [-0.25, -0.2) is 0 Å². The van der Waals surface area contributed by atoms with Crippen LogP contribution < -0.4 is 0 Å². The molecule has 2 heteroatoms. The first-order chi connectivity index (χ1) is 6.39. The molecule has 0 aromatic heterocycles. The van der Waals surface area contributed by atoms with Crippen molar-refractivity contribution in [3.05, 3.63) is 12.2 Å². The van der Waals surface area contributed by atoms with Crippen molar-refractivity contribution in [2.45, 2.75) is 44.5 Å². The normalized spacial score (nSPS) is 40.4. The molecule has 0 N–H and O–H groups in total. The number of methoxy groups -OCH3 is 1. The summed E-state index contributed by atoms with van der Waals surface area (Å²) in [6.45, 7) is 8.99. The minimum atomic E-state index is 0.130. The molecule has 14 heavy (non-hydrogen) atoms. The molecule has 1 aliphatic rings. The van der Waals surface area contributed by atoms with Crippen molar-refractivity contribution in [2.24, 2.45) is 11.3 Å². The first kappa shape index (κ1) is 12.3.